The fourth-order valence-corrected chi connectivity index (χ4v) is 2.31. The van der Waals surface area contributed by atoms with E-state index in [1.54, 1.807) is 0 Å². The van der Waals surface area contributed by atoms with Crippen LogP contribution in [0.25, 0.3) is 11.5 Å². The lowest BCUT2D eigenvalue weighted by Crippen LogP contribution is -2.00. The Labute approximate surface area is 121 Å². The Kier molecular flexibility index (Phi) is 4.52. The summed E-state index contributed by atoms with van der Waals surface area (Å²) in [4.78, 5) is 0. The standard InChI is InChI=1S/C11H11BrIN3O/c12-7-3-4-9(13)8(6-7)11-16-15-10(17-11)2-1-5-14/h3-4,6H,1-2,5,14H2. The zero-order valence-electron chi connectivity index (χ0n) is 8.99. The van der Waals surface area contributed by atoms with Crippen molar-refractivity contribution in [1.82, 2.24) is 10.2 Å². The summed E-state index contributed by atoms with van der Waals surface area (Å²) in [5.41, 5.74) is 6.39. The molecule has 0 aliphatic rings. The molecule has 0 saturated heterocycles. The number of benzene rings is 1. The Bertz CT molecular complexity index is 515. The Morgan fingerprint density at radius 1 is 1.35 bits per heavy atom. The number of nitrogens with zero attached hydrogens (tertiary/aromatic N) is 2. The van der Waals surface area contributed by atoms with Gasteiger partial charge in [-0.2, -0.15) is 0 Å². The van der Waals surface area contributed by atoms with Gasteiger partial charge in [0.2, 0.25) is 11.8 Å². The van der Waals surface area contributed by atoms with Crippen molar-refractivity contribution in [2.45, 2.75) is 12.8 Å². The molecule has 0 aliphatic heterocycles. The van der Waals surface area contributed by atoms with Crippen LogP contribution in [0.1, 0.15) is 12.3 Å². The topological polar surface area (TPSA) is 64.9 Å². The number of nitrogens with two attached hydrogens (primary N) is 1. The molecule has 1 aromatic carbocycles. The van der Waals surface area contributed by atoms with Crippen molar-refractivity contribution in [2.24, 2.45) is 5.73 Å². The minimum absolute atomic E-state index is 0.558. The summed E-state index contributed by atoms with van der Waals surface area (Å²) in [5.74, 6) is 1.20. The third-order valence-corrected chi connectivity index (χ3v) is 3.65. The molecule has 2 rings (SSSR count). The minimum atomic E-state index is 0.558. The Morgan fingerprint density at radius 3 is 2.94 bits per heavy atom. The smallest absolute Gasteiger partial charge is 0.248 e. The normalized spacial score (nSPS) is 10.8. The van der Waals surface area contributed by atoms with Gasteiger partial charge in [-0.25, -0.2) is 0 Å². The molecular formula is C11H11BrIN3O. The van der Waals surface area contributed by atoms with Crippen LogP contribution in [0.15, 0.2) is 27.1 Å². The predicted octanol–water partition coefficient (Wildman–Crippen LogP) is 3.00. The van der Waals surface area contributed by atoms with Gasteiger partial charge in [-0.3, -0.25) is 0 Å². The summed E-state index contributed by atoms with van der Waals surface area (Å²) in [6.45, 7) is 0.631. The SMILES string of the molecule is NCCCc1nnc(-c2cc(Br)ccc2I)o1. The van der Waals surface area contributed by atoms with E-state index in [1.807, 2.05) is 18.2 Å². The number of halogens is 2. The molecule has 2 aromatic rings. The van der Waals surface area contributed by atoms with Crippen molar-refractivity contribution in [2.75, 3.05) is 6.54 Å². The first-order chi connectivity index (χ1) is 8.20. The van der Waals surface area contributed by atoms with Crippen molar-refractivity contribution < 1.29 is 4.42 Å². The van der Waals surface area contributed by atoms with Crippen LogP contribution < -0.4 is 5.73 Å². The zero-order chi connectivity index (χ0) is 12.3. The summed E-state index contributed by atoms with van der Waals surface area (Å²) >= 11 is 5.68. The van der Waals surface area contributed by atoms with Crippen LogP contribution in [0.2, 0.25) is 0 Å². The lowest BCUT2D eigenvalue weighted by Gasteiger charge is -1.99. The summed E-state index contributed by atoms with van der Waals surface area (Å²) in [5, 5.41) is 8.07. The van der Waals surface area contributed by atoms with E-state index in [0.717, 1.165) is 26.4 Å². The second kappa shape index (κ2) is 5.92. The summed E-state index contributed by atoms with van der Waals surface area (Å²) in [6.07, 6.45) is 1.59. The van der Waals surface area contributed by atoms with Crippen LogP contribution in [0.4, 0.5) is 0 Å². The number of hydrogen-bond donors (Lipinski definition) is 1. The van der Waals surface area contributed by atoms with E-state index in [0.29, 0.717) is 18.3 Å². The van der Waals surface area contributed by atoms with Crippen LogP contribution in [0.3, 0.4) is 0 Å². The number of aryl methyl sites for hydroxylation is 1. The van der Waals surface area contributed by atoms with Crippen molar-refractivity contribution in [3.05, 3.63) is 32.1 Å². The molecule has 0 bridgehead atoms. The van der Waals surface area contributed by atoms with E-state index in [9.17, 15) is 0 Å². The van der Waals surface area contributed by atoms with E-state index in [-0.39, 0.29) is 0 Å². The Morgan fingerprint density at radius 2 is 2.18 bits per heavy atom. The molecule has 4 nitrogen and oxygen atoms in total. The van der Waals surface area contributed by atoms with Crippen LogP contribution in [0, 0.1) is 3.57 Å². The largest absolute Gasteiger partial charge is 0.421 e. The fraction of sp³-hybridized carbons (Fsp3) is 0.273. The minimum Gasteiger partial charge on any atom is -0.421 e. The predicted molar refractivity (Wildman–Crippen MR) is 77.5 cm³/mol. The monoisotopic (exact) mass is 407 g/mol. The first kappa shape index (κ1) is 13.0. The molecule has 0 aliphatic carbocycles. The number of aromatic nitrogens is 2. The quantitative estimate of drug-likeness (QED) is 0.791. The molecule has 0 fully saturated rings. The highest BCUT2D eigenvalue weighted by atomic mass is 127. The van der Waals surface area contributed by atoms with Gasteiger partial charge in [0.1, 0.15) is 0 Å². The number of hydrogen-bond acceptors (Lipinski definition) is 4. The van der Waals surface area contributed by atoms with Gasteiger partial charge in [-0.15, -0.1) is 10.2 Å². The molecule has 2 N–H and O–H groups in total. The summed E-state index contributed by atoms with van der Waals surface area (Å²) < 4.78 is 7.68. The fourth-order valence-electron chi connectivity index (χ4n) is 1.38. The van der Waals surface area contributed by atoms with Crippen molar-refractivity contribution in [1.29, 1.82) is 0 Å². The second-order valence-corrected chi connectivity index (χ2v) is 5.60. The van der Waals surface area contributed by atoms with Crippen LogP contribution >= 0.6 is 38.5 Å². The van der Waals surface area contributed by atoms with Gasteiger partial charge in [0, 0.05) is 14.5 Å². The molecule has 17 heavy (non-hydrogen) atoms. The average molecular weight is 408 g/mol. The van der Waals surface area contributed by atoms with Gasteiger partial charge >= 0.3 is 0 Å². The molecule has 0 radical (unpaired) electrons. The van der Waals surface area contributed by atoms with Gasteiger partial charge in [0.25, 0.3) is 0 Å². The molecule has 0 amide bonds. The van der Waals surface area contributed by atoms with Gasteiger partial charge in [-0.05, 0) is 53.8 Å². The first-order valence-electron chi connectivity index (χ1n) is 5.18. The lowest BCUT2D eigenvalue weighted by molar-refractivity contribution is 0.498. The third-order valence-electron chi connectivity index (χ3n) is 2.22. The molecule has 6 heteroatoms. The van der Waals surface area contributed by atoms with Gasteiger partial charge in [-0.1, -0.05) is 15.9 Å². The molecule has 0 unspecified atom stereocenters. The molecule has 0 spiro atoms. The first-order valence-corrected chi connectivity index (χ1v) is 7.06. The van der Waals surface area contributed by atoms with Crippen molar-refractivity contribution in [3.63, 3.8) is 0 Å². The maximum absolute atomic E-state index is 5.60. The summed E-state index contributed by atoms with van der Waals surface area (Å²) in [6, 6.07) is 5.96. The van der Waals surface area contributed by atoms with E-state index in [2.05, 4.69) is 48.7 Å². The lowest BCUT2D eigenvalue weighted by atomic mass is 10.2. The average Bonchev–Trinajstić information content (AvgIpc) is 2.78. The number of rotatable bonds is 4. The molecule has 1 heterocycles. The zero-order valence-corrected chi connectivity index (χ0v) is 12.7. The highest BCUT2D eigenvalue weighted by Crippen LogP contribution is 2.27. The Balaban J connectivity index is 2.27. The third kappa shape index (κ3) is 3.26. The van der Waals surface area contributed by atoms with Crippen LogP contribution in [0.5, 0.6) is 0 Å². The maximum atomic E-state index is 5.60. The van der Waals surface area contributed by atoms with E-state index in [1.165, 1.54) is 0 Å². The highest BCUT2D eigenvalue weighted by molar-refractivity contribution is 14.1. The second-order valence-electron chi connectivity index (χ2n) is 3.52. The molecule has 1 aromatic heterocycles. The van der Waals surface area contributed by atoms with Gasteiger partial charge in [0.05, 0.1) is 5.56 Å². The van der Waals surface area contributed by atoms with E-state index >= 15 is 0 Å². The van der Waals surface area contributed by atoms with Gasteiger partial charge in [0.15, 0.2) is 0 Å². The maximum Gasteiger partial charge on any atom is 0.248 e. The van der Waals surface area contributed by atoms with Crippen molar-refractivity contribution >= 4 is 38.5 Å². The molecular weight excluding hydrogens is 397 g/mol. The Hall–Kier alpha value is -0.470. The molecule has 0 atom stereocenters. The van der Waals surface area contributed by atoms with E-state index < -0.39 is 0 Å². The van der Waals surface area contributed by atoms with Crippen LogP contribution in [-0.4, -0.2) is 16.7 Å². The van der Waals surface area contributed by atoms with Crippen molar-refractivity contribution in [3.8, 4) is 11.5 Å². The van der Waals surface area contributed by atoms with Gasteiger partial charge < -0.3 is 10.2 Å². The molecule has 0 saturated carbocycles. The highest BCUT2D eigenvalue weighted by Gasteiger charge is 2.11. The molecule has 90 valence electrons. The van der Waals surface area contributed by atoms with E-state index in [4.69, 9.17) is 10.2 Å². The van der Waals surface area contributed by atoms with Crippen LogP contribution in [-0.2, 0) is 6.42 Å². The summed E-state index contributed by atoms with van der Waals surface area (Å²) in [7, 11) is 0.